The van der Waals surface area contributed by atoms with Gasteiger partial charge in [0.15, 0.2) is 0 Å². The minimum absolute atomic E-state index is 0.0545. The van der Waals surface area contributed by atoms with Crippen molar-refractivity contribution in [1.82, 2.24) is 0 Å². The number of rotatable bonds is 0. The summed E-state index contributed by atoms with van der Waals surface area (Å²) in [5, 5.41) is 0. The minimum Gasteiger partial charge on any atom is -0.399 e. The van der Waals surface area contributed by atoms with Crippen LogP contribution in [-0.2, 0) is 11.2 Å². The van der Waals surface area contributed by atoms with E-state index in [1.54, 1.807) is 13.1 Å². The van der Waals surface area contributed by atoms with Crippen LogP contribution >= 0.6 is 0 Å². The van der Waals surface area contributed by atoms with Crippen molar-refractivity contribution in [1.29, 1.82) is 0 Å². The number of benzene rings is 1. The summed E-state index contributed by atoms with van der Waals surface area (Å²) in [5.74, 6) is -0.475. The first-order chi connectivity index (χ1) is 6.59. The Bertz CT molecular complexity index is 403. The van der Waals surface area contributed by atoms with E-state index in [0.29, 0.717) is 24.2 Å². The second kappa shape index (κ2) is 2.97. The highest BCUT2D eigenvalue weighted by Gasteiger charge is 2.24. The van der Waals surface area contributed by atoms with Gasteiger partial charge in [0.25, 0.3) is 0 Å². The van der Waals surface area contributed by atoms with Crippen molar-refractivity contribution >= 4 is 17.3 Å². The molecular formula is C10H11FN2O. The normalized spacial score (nSPS) is 15.6. The van der Waals surface area contributed by atoms with Crippen LogP contribution in [0.1, 0.15) is 12.0 Å². The molecule has 0 saturated heterocycles. The Morgan fingerprint density at radius 3 is 2.86 bits per heavy atom. The highest BCUT2D eigenvalue weighted by atomic mass is 19.1. The lowest BCUT2D eigenvalue weighted by Crippen LogP contribution is -2.32. The fourth-order valence-corrected chi connectivity index (χ4v) is 1.78. The third-order valence-corrected chi connectivity index (χ3v) is 2.48. The van der Waals surface area contributed by atoms with Crippen molar-refractivity contribution in [2.24, 2.45) is 0 Å². The predicted molar refractivity (Wildman–Crippen MR) is 52.5 cm³/mol. The molecule has 0 fully saturated rings. The van der Waals surface area contributed by atoms with Crippen molar-refractivity contribution in [3.63, 3.8) is 0 Å². The van der Waals surface area contributed by atoms with E-state index in [2.05, 4.69) is 0 Å². The third-order valence-electron chi connectivity index (χ3n) is 2.48. The third kappa shape index (κ3) is 1.23. The number of hydrogen-bond donors (Lipinski definition) is 1. The first-order valence-electron chi connectivity index (χ1n) is 4.44. The molecule has 1 aliphatic rings. The SMILES string of the molecule is CN1C(=O)CCc2cc(N)cc(F)c21. The smallest absolute Gasteiger partial charge is 0.227 e. The zero-order valence-electron chi connectivity index (χ0n) is 7.88. The van der Waals surface area contributed by atoms with E-state index in [-0.39, 0.29) is 5.91 Å². The second-order valence-electron chi connectivity index (χ2n) is 3.46. The highest BCUT2D eigenvalue weighted by Crippen LogP contribution is 2.31. The molecule has 14 heavy (non-hydrogen) atoms. The number of aryl methyl sites for hydroxylation is 1. The van der Waals surface area contributed by atoms with Crippen LogP contribution in [-0.4, -0.2) is 13.0 Å². The molecule has 1 aliphatic heterocycles. The summed E-state index contributed by atoms with van der Waals surface area (Å²) in [6, 6.07) is 2.97. The fourth-order valence-electron chi connectivity index (χ4n) is 1.78. The molecule has 1 aromatic carbocycles. The highest BCUT2D eigenvalue weighted by molar-refractivity contribution is 5.96. The maximum atomic E-state index is 13.5. The van der Waals surface area contributed by atoms with E-state index < -0.39 is 5.82 Å². The van der Waals surface area contributed by atoms with Gasteiger partial charge in [-0.25, -0.2) is 4.39 Å². The summed E-state index contributed by atoms with van der Waals surface area (Å²) < 4.78 is 13.5. The van der Waals surface area contributed by atoms with E-state index in [9.17, 15) is 9.18 Å². The van der Waals surface area contributed by atoms with Crippen LogP contribution in [0.4, 0.5) is 15.8 Å². The van der Waals surface area contributed by atoms with Crippen LogP contribution in [0.5, 0.6) is 0 Å². The fraction of sp³-hybridized carbons (Fsp3) is 0.300. The quantitative estimate of drug-likeness (QED) is 0.633. The number of nitrogen functional groups attached to an aromatic ring is 1. The van der Waals surface area contributed by atoms with Crippen LogP contribution < -0.4 is 10.6 Å². The van der Waals surface area contributed by atoms with Crippen LogP contribution in [0.25, 0.3) is 0 Å². The molecule has 74 valence electrons. The van der Waals surface area contributed by atoms with Crippen LogP contribution in [0.2, 0.25) is 0 Å². The zero-order chi connectivity index (χ0) is 10.3. The Balaban J connectivity index is 2.60. The van der Waals surface area contributed by atoms with Gasteiger partial charge in [0.1, 0.15) is 5.82 Å². The number of carbonyl (C=O) groups is 1. The van der Waals surface area contributed by atoms with E-state index in [4.69, 9.17) is 5.73 Å². The second-order valence-corrected chi connectivity index (χ2v) is 3.46. The zero-order valence-corrected chi connectivity index (χ0v) is 7.88. The Labute approximate surface area is 81.3 Å². The van der Waals surface area contributed by atoms with Gasteiger partial charge in [-0.2, -0.15) is 0 Å². The van der Waals surface area contributed by atoms with Crippen molar-refractivity contribution in [2.75, 3.05) is 17.7 Å². The molecule has 0 bridgehead atoms. The van der Waals surface area contributed by atoms with Crippen LogP contribution in [0.15, 0.2) is 12.1 Å². The molecule has 0 spiro atoms. The summed E-state index contributed by atoms with van der Waals surface area (Å²) in [7, 11) is 1.58. The number of fused-ring (bicyclic) bond motifs is 1. The molecular weight excluding hydrogens is 183 g/mol. The molecule has 0 aliphatic carbocycles. The summed E-state index contributed by atoms with van der Waals surface area (Å²) in [4.78, 5) is 12.7. The van der Waals surface area contributed by atoms with E-state index in [0.717, 1.165) is 5.56 Å². The molecule has 2 N–H and O–H groups in total. The summed E-state index contributed by atoms with van der Waals surface area (Å²) >= 11 is 0. The Morgan fingerprint density at radius 1 is 1.43 bits per heavy atom. The average molecular weight is 194 g/mol. The molecule has 0 saturated carbocycles. The first kappa shape index (κ1) is 8.99. The van der Waals surface area contributed by atoms with Gasteiger partial charge < -0.3 is 10.6 Å². The Kier molecular flexibility index (Phi) is 1.91. The Hall–Kier alpha value is -1.58. The molecule has 1 heterocycles. The molecule has 0 aromatic heterocycles. The van der Waals surface area contributed by atoms with Gasteiger partial charge in [0.2, 0.25) is 5.91 Å². The Morgan fingerprint density at radius 2 is 2.14 bits per heavy atom. The number of amides is 1. The molecule has 0 unspecified atom stereocenters. The molecule has 2 rings (SSSR count). The van der Waals surface area contributed by atoms with Crippen LogP contribution in [0.3, 0.4) is 0 Å². The van der Waals surface area contributed by atoms with Gasteiger partial charge in [0.05, 0.1) is 5.69 Å². The minimum atomic E-state index is -0.421. The van der Waals surface area contributed by atoms with Gasteiger partial charge in [0, 0.05) is 19.2 Å². The van der Waals surface area contributed by atoms with Crippen molar-refractivity contribution < 1.29 is 9.18 Å². The van der Waals surface area contributed by atoms with Crippen LogP contribution in [0, 0.1) is 5.82 Å². The lowest BCUT2D eigenvalue weighted by Gasteiger charge is -2.26. The molecule has 0 atom stereocenters. The number of hydrogen-bond acceptors (Lipinski definition) is 2. The summed E-state index contributed by atoms with van der Waals surface area (Å²) in [6.07, 6.45) is 0.993. The largest absolute Gasteiger partial charge is 0.399 e. The molecule has 1 aromatic rings. The van der Waals surface area contributed by atoms with Crippen molar-refractivity contribution in [3.05, 3.63) is 23.5 Å². The van der Waals surface area contributed by atoms with Gasteiger partial charge in [-0.15, -0.1) is 0 Å². The van der Waals surface area contributed by atoms with E-state index in [1.807, 2.05) is 0 Å². The van der Waals surface area contributed by atoms with Crippen molar-refractivity contribution in [2.45, 2.75) is 12.8 Å². The first-order valence-corrected chi connectivity index (χ1v) is 4.44. The number of anilines is 2. The van der Waals surface area contributed by atoms with Crippen molar-refractivity contribution in [3.8, 4) is 0 Å². The standard InChI is InChI=1S/C10H11FN2O/c1-13-9(14)3-2-6-4-7(12)5-8(11)10(6)13/h4-5H,2-3,12H2,1H3. The van der Waals surface area contributed by atoms with E-state index >= 15 is 0 Å². The maximum absolute atomic E-state index is 13.5. The maximum Gasteiger partial charge on any atom is 0.227 e. The van der Waals surface area contributed by atoms with Gasteiger partial charge >= 0.3 is 0 Å². The molecule has 4 heteroatoms. The lowest BCUT2D eigenvalue weighted by atomic mass is 10.0. The van der Waals surface area contributed by atoms with Gasteiger partial charge in [-0.05, 0) is 24.1 Å². The number of carbonyl (C=O) groups excluding carboxylic acids is 1. The average Bonchev–Trinajstić information content (AvgIpc) is 2.10. The molecule has 1 amide bonds. The number of nitrogens with two attached hydrogens (primary N) is 1. The summed E-state index contributed by atoms with van der Waals surface area (Å²) in [5.41, 5.74) is 7.11. The lowest BCUT2D eigenvalue weighted by molar-refractivity contribution is -0.118. The molecule has 0 radical (unpaired) electrons. The molecule has 3 nitrogen and oxygen atoms in total. The monoisotopic (exact) mass is 194 g/mol. The number of nitrogens with zero attached hydrogens (tertiary/aromatic N) is 1. The van der Waals surface area contributed by atoms with E-state index in [1.165, 1.54) is 11.0 Å². The van der Waals surface area contributed by atoms with Gasteiger partial charge in [-0.3, -0.25) is 4.79 Å². The number of halogens is 1. The van der Waals surface area contributed by atoms with Gasteiger partial charge in [-0.1, -0.05) is 0 Å². The topological polar surface area (TPSA) is 46.3 Å². The summed E-state index contributed by atoms with van der Waals surface area (Å²) in [6.45, 7) is 0. The predicted octanol–water partition coefficient (Wildman–Crippen LogP) is 1.32.